The van der Waals surface area contributed by atoms with Crippen molar-refractivity contribution in [2.45, 2.75) is 307 Å². The second kappa shape index (κ2) is 46.9. The Morgan fingerprint density at radius 2 is 0.957 bits per heavy atom. The second-order valence-electron chi connectivity index (χ2n) is 20.0. The van der Waals surface area contributed by atoms with E-state index in [1.54, 1.807) is 6.08 Å². The van der Waals surface area contributed by atoms with Crippen LogP contribution in [0.5, 0.6) is 0 Å². The first kappa shape index (κ1) is 64.9. The molecule has 1 heterocycles. The van der Waals surface area contributed by atoms with Crippen LogP contribution in [-0.4, -0.2) is 99.6 Å². The largest absolute Gasteiger partial charge is 0.454 e. The zero-order valence-electron chi connectivity index (χ0n) is 44.4. The summed E-state index contributed by atoms with van der Waals surface area (Å²) in [6, 6.07) is -1.03. The highest BCUT2D eigenvalue weighted by atomic mass is 16.7. The summed E-state index contributed by atoms with van der Waals surface area (Å²) >= 11 is 0. The van der Waals surface area contributed by atoms with Crippen molar-refractivity contribution >= 4 is 11.9 Å². The highest BCUT2D eigenvalue weighted by Crippen LogP contribution is 2.26. The quantitative estimate of drug-likeness (QED) is 0.0196. The Kier molecular flexibility index (Phi) is 44.1. The number of allylic oxidation sites excluding steroid dienone is 5. The van der Waals surface area contributed by atoms with Crippen LogP contribution in [0.25, 0.3) is 0 Å². The first-order valence-electron chi connectivity index (χ1n) is 28.8. The Morgan fingerprint density at radius 1 is 0.551 bits per heavy atom. The van der Waals surface area contributed by atoms with E-state index < -0.39 is 67.4 Å². The van der Waals surface area contributed by atoms with Crippen LogP contribution in [0.1, 0.15) is 258 Å². The van der Waals surface area contributed by atoms with E-state index in [9.17, 15) is 35.1 Å². The molecular weight excluding hydrogens is 871 g/mol. The summed E-state index contributed by atoms with van der Waals surface area (Å²) in [5, 5.41) is 56.7. The second-order valence-corrected chi connectivity index (χ2v) is 20.0. The number of nitrogens with one attached hydrogen (secondary N) is 1. The summed E-state index contributed by atoms with van der Waals surface area (Å²) in [5.41, 5.74) is 0. The Labute approximate surface area is 422 Å². The first-order valence-corrected chi connectivity index (χ1v) is 28.8. The van der Waals surface area contributed by atoms with Gasteiger partial charge < -0.3 is 45.1 Å². The fourth-order valence-electron chi connectivity index (χ4n) is 8.88. The minimum Gasteiger partial charge on any atom is -0.454 e. The number of unbranched alkanes of at least 4 members (excludes halogenated alkanes) is 30. The number of esters is 1. The molecule has 0 spiro atoms. The van der Waals surface area contributed by atoms with Gasteiger partial charge in [-0.05, 0) is 77.0 Å². The molecule has 0 radical (unpaired) electrons. The predicted octanol–water partition coefficient (Wildman–Crippen LogP) is 12.7. The number of carbonyl (C=O) groups is 2. The van der Waals surface area contributed by atoms with Gasteiger partial charge in [0.2, 0.25) is 5.91 Å². The molecular formula is C58H107NO10. The van der Waals surface area contributed by atoms with Gasteiger partial charge in [-0.15, -0.1) is 0 Å². The van der Waals surface area contributed by atoms with Crippen LogP contribution in [0.15, 0.2) is 36.5 Å². The highest BCUT2D eigenvalue weighted by Gasteiger charge is 2.47. The molecule has 11 nitrogen and oxygen atoms in total. The summed E-state index contributed by atoms with van der Waals surface area (Å²) in [4.78, 5) is 26.4. The smallest absolute Gasteiger partial charge is 0.306 e. The fraction of sp³-hybridized carbons (Fsp3) is 0.862. The maximum Gasteiger partial charge on any atom is 0.306 e. The molecule has 0 bridgehead atoms. The minimum absolute atomic E-state index is 0.103. The average Bonchev–Trinajstić information content (AvgIpc) is 3.34. The van der Waals surface area contributed by atoms with Gasteiger partial charge in [-0.2, -0.15) is 0 Å². The number of hydrogen-bond donors (Lipinski definition) is 6. The molecule has 0 aromatic carbocycles. The van der Waals surface area contributed by atoms with Gasteiger partial charge in [0.15, 0.2) is 12.4 Å². The van der Waals surface area contributed by atoms with E-state index in [0.29, 0.717) is 12.8 Å². The van der Waals surface area contributed by atoms with Gasteiger partial charge in [-0.1, -0.05) is 211 Å². The Bertz CT molecular complexity index is 1260. The molecule has 8 atom stereocenters. The normalized spacial score (nSPS) is 20.0. The monoisotopic (exact) mass is 978 g/mol. The zero-order valence-corrected chi connectivity index (χ0v) is 44.4. The molecule has 69 heavy (non-hydrogen) atoms. The van der Waals surface area contributed by atoms with E-state index >= 15 is 0 Å². The maximum absolute atomic E-state index is 13.3. The van der Waals surface area contributed by atoms with Crippen LogP contribution in [0.3, 0.4) is 0 Å². The van der Waals surface area contributed by atoms with Crippen molar-refractivity contribution in [3.8, 4) is 0 Å². The molecule has 1 fully saturated rings. The van der Waals surface area contributed by atoms with Gasteiger partial charge in [-0.25, -0.2) is 0 Å². The van der Waals surface area contributed by atoms with Gasteiger partial charge in [-0.3, -0.25) is 9.59 Å². The van der Waals surface area contributed by atoms with E-state index in [2.05, 4.69) is 50.4 Å². The van der Waals surface area contributed by atoms with Gasteiger partial charge in [0.1, 0.15) is 24.4 Å². The van der Waals surface area contributed by atoms with Crippen molar-refractivity contribution in [2.24, 2.45) is 0 Å². The van der Waals surface area contributed by atoms with E-state index in [1.807, 2.05) is 6.08 Å². The Morgan fingerprint density at radius 3 is 1.41 bits per heavy atom. The third-order valence-electron chi connectivity index (χ3n) is 13.5. The Balaban J connectivity index is 2.77. The third-order valence-corrected chi connectivity index (χ3v) is 13.5. The summed E-state index contributed by atoms with van der Waals surface area (Å²) in [5.74, 6) is -1.22. The molecule has 0 aromatic rings. The summed E-state index contributed by atoms with van der Waals surface area (Å²) in [6.45, 7) is 5.75. The summed E-state index contributed by atoms with van der Waals surface area (Å²) in [6.07, 6.45) is 43.3. The van der Waals surface area contributed by atoms with Gasteiger partial charge >= 0.3 is 5.97 Å². The molecule has 404 valence electrons. The summed E-state index contributed by atoms with van der Waals surface area (Å²) in [7, 11) is 0. The number of aliphatic hydroxyl groups excluding tert-OH is 5. The average molecular weight is 978 g/mol. The van der Waals surface area contributed by atoms with Crippen LogP contribution >= 0.6 is 0 Å². The van der Waals surface area contributed by atoms with E-state index in [4.69, 9.17) is 14.2 Å². The summed E-state index contributed by atoms with van der Waals surface area (Å²) < 4.78 is 17.5. The molecule has 1 rings (SSSR count). The van der Waals surface area contributed by atoms with Crippen LogP contribution in [-0.2, 0) is 23.8 Å². The van der Waals surface area contributed by atoms with Crippen LogP contribution in [0.2, 0.25) is 0 Å². The van der Waals surface area contributed by atoms with Crippen molar-refractivity contribution in [1.29, 1.82) is 0 Å². The lowest BCUT2D eigenvalue weighted by Gasteiger charge is -2.41. The maximum atomic E-state index is 13.3. The number of hydrogen-bond acceptors (Lipinski definition) is 10. The molecule has 1 aliphatic heterocycles. The van der Waals surface area contributed by atoms with Gasteiger partial charge in [0.25, 0.3) is 0 Å². The van der Waals surface area contributed by atoms with Crippen molar-refractivity contribution < 1.29 is 49.3 Å². The van der Waals surface area contributed by atoms with E-state index in [1.165, 1.54) is 148 Å². The highest BCUT2D eigenvalue weighted by molar-refractivity contribution is 5.80. The van der Waals surface area contributed by atoms with E-state index in [0.717, 1.165) is 64.2 Å². The van der Waals surface area contributed by atoms with Crippen LogP contribution in [0.4, 0.5) is 0 Å². The molecule has 0 saturated carbocycles. The topological polar surface area (TPSA) is 175 Å². The lowest BCUT2D eigenvalue weighted by Crippen LogP contribution is -2.61. The molecule has 6 N–H and O–H groups in total. The van der Waals surface area contributed by atoms with Crippen LogP contribution in [0, 0.1) is 0 Å². The number of rotatable bonds is 48. The van der Waals surface area contributed by atoms with E-state index in [-0.39, 0.29) is 19.4 Å². The number of amides is 1. The fourth-order valence-corrected chi connectivity index (χ4v) is 8.88. The molecule has 0 aromatic heterocycles. The predicted molar refractivity (Wildman–Crippen MR) is 283 cm³/mol. The molecule has 1 saturated heterocycles. The Hall–Kier alpha value is -2.12. The molecule has 0 aliphatic carbocycles. The SMILES string of the molecule is CCCCCCCCC/C=C\CCCCCC(=O)OC1C(OCC(NC(=O)C(O)CCCC/C=C\CCCCCCCCC)C(O)/C=C/CCCCCCCCCCCCC)OC(CO)C(O)C1O. The zero-order chi connectivity index (χ0) is 50.4. The number of aliphatic hydroxyl groups is 5. The molecule has 8 unspecified atom stereocenters. The third kappa shape index (κ3) is 35.6. The van der Waals surface area contributed by atoms with Crippen molar-refractivity contribution in [2.75, 3.05) is 13.2 Å². The lowest BCUT2D eigenvalue weighted by molar-refractivity contribution is -0.305. The van der Waals surface area contributed by atoms with Crippen molar-refractivity contribution in [1.82, 2.24) is 5.32 Å². The molecule has 1 aliphatic rings. The van der Waals surface area contributed by atoms with Gasteiger partial charge in [0, 0.05) is 6.42 Å². The van der Waals surface area contributed by atoms with Crippen LogP contribution < -0.4 is 5.32 Å². The number of carbonyl (C=O) groups excluding carboxylic acids is 2. The molecule has 1 amide bonds. The van der Waals surface area contributed by atoms with Crippen molar-refractivity contribution in [3.63, 3.8) is 0 Å². The molecule has 11 heteroatoms. The number of ether oxygens (including phenoxy) is 3. The minimum atomic E-state index is -1.62. The first-order chi connectivity index (χ1) is 33.7. The van der Waals surface area contributed by atoms with Gasteiger partial charge in [0.05, 0.1) is 25.4 Å². The van der Waals surface area contributed by atoms with Crippen molar-refractivity contribution in [3.05, 3.63) is 36.5 Å². The standard InChI is InChI=1S/C58H107NO10/c1-4-7-10-13-16-19-22-25-28-31-34-37-40-43-46-53(63)69-56-55(65)54(64)52(47-60)68-58(56)67-48-49(50(61)44-41-38-35-32-29-26-23-20-17-14-11-8-5-2)59-57(66)51(62)45-42-39-36-33-30-27-24-21-18-15-12-9-6-3/h28,30-31,33,41,44,49-52,54-56,58,60-62,64-65H,4-27,29,32,34-40,42-43,45-48H2,1-3H3,(H,59,66)/b31-28-,33-30-,44-41+. The lowest BCUT2D eigenvalue weighted by atomic mass is 9.99.